The zero-order valence-electron chi connectivity index (χ0n) is 12.4. The van der Waals surface area contributed by atoms with Crippen molar-refractivity contribution in [3.8, 4) is 0 Å². The number of carbonyl (C=O) groups excluding carboxylic acids is 1. The number of aromatic nitrogens is 1. The number of morpholine rings is 1. The molecule has 1 amide bonds. The first-order valence-electron chi connectivity index (χ1n) is 7.64. The van der Waals surface area contributed by atoms with Gasteiger partial charge in [0.15, 0.2) is 0 Å². The van der Waals surface area contributed by atoms with Gasteiger partial charge in [-0.2, -0.15) is 0 Å². The Labute approximate surface area is 129 Å². The number of thiazole rings is 1. The molecule has 5 nitrogen and oxygen atoms in total. The Bertz CT molecular complexity index is 479. The van der Waals surface area contributed by atoms with E-state index < -0.39 is 0 Å². The summed E-state index contributed by atoms with van der Waals surface area (Å²) in [7, 11) is 0. The summed E-state index contributed by atoms with van der Waals surface area (Å²) in [6, 6.07) is 0. The standard InChI is InChI=1S/C15H22N2O3S/c1-2-19-8-12-4-3-5-15(12)10-17(6-7-20-15)14(18)13-9-21-11-16-13/h9,11-12H,2-8,10H2,1H3/t12-,15+/m0/s1. The molecule has 2 heterocycles. The number of ether oxygens (including phenoxy) is 2. The lowest BCUT2D eigenvalue weighted by Gasteiger charge is -2.43. The Kier molecular flexibility index (Phi) is 4.57. The first-order valence-corrected chi connectivity index (χ1v) is 8.58. The van der Waals surface area contributed by atoms with Crippen LogP contribution in [0.4, 0.5) is 0 Å². The van der Waals surface area contributed by atoms with Crippen LogP contribution in [0.15, 0.2) is 10.9 Å². The molecule has 1 spiro atoms. The van der Waals surface area contributed by atoms with Crippen molar-refractivity contribution in [2.45, 2.75) is 31.8 Å². The van der Waals surface area contributed by atoms with Crippen molar-refractivity contribution in [2.24, 2.45) is 5.92 Å². The van der Waals surface area contributed by atoms with Gasteiger partial charge in [0.1, 0.15) is 5.69 Å². The lowest BCUT2D eigenvalue weighted by molar-refractivity contribution is -0.132. The molecule has 0 aromatic carbocycles. The van der Waals surface area contributed by atoms with Gasteiger partial charge in [-0.25, -0.2) is 4.98 Å². The summed E-state index contributed by atoms with van der Waals surface area (Å²) >= 11 is 1.46. The fourth-order valence-corrected chi connectivity index (χ4v) is 3.99. The summed E-state index contributed by atoms with van der Waals surface area (Å²) in [6.45, 7) is 5.41. The van der Waals surface area contributed by atoms with Gasteiger partial charge in [0.05, 0.1) is 30.9 Å². The highest BCUT2D eigenvalue weighted by Gasteiger charge is 2.48. The Balaban J connectivity index is 1.71. The minimum absolute atomic E-state index is 0.0287. The summed E-state index contributed by atoms with van der Waals surface area (Å²) < 4.78 is 11.8. The van der Waals surface area contributed by atoms with E-state index in [9.17, 15) is 4.79 Å². The van der Waals surface area contributed by atoms with Crippen LogP contribution in [0.5, 0.6) is 0 Å². The van der Waals surface area contributed by atoms with Crippen LogP contribution in [0.1, 0.15) is 36.7 Å². The SMILES string of the molecule is CCOC[C@@H]1CCC[C@@]12CN(C(=O)c1cscn1)CCO2. The van der Waals surface area contributed by atoms with Crippen molar-refractivity contribution < 1.29 is 14.3 Å². The minimum atomic E-state index is -0.209. The topological polar surface area (TPSA) is 51.7 Å². The van der Waals surface area contributed by atoms with E-state index >= 15 is 0 Å². The largest absolute Gasteiger partial charge is 0.381 e. The molecule has 116 valence electrons. The van der Waals surface area contributed by atoms with Gasteiger partial charge in [-0.3, -0.25) is 4.79 Å². The molecule has 0 radical (unpaired) electrons. The average Bonchev–Trinajstić information content (AvgIpc) is 3.15. The highest BCUT2D eigenvalue weighted by Crippen LogP contribution is 2.41. The second kappa shape index (κ2) is 6.42. The molecule has 2 aliphatic rings. The fourth-order valence-electron chi connectivity index (χ4n) is 3.47. The third kappa shape index (κ3) is 2.98. The summed E-state index contributed by atoms with van der Waals surface area (Å²) in [4.78, 5) is 18.5. The van der Waals surface area contributed by atoms with Gasteiger partial charge in [-0.05, 0) is 19.8 Å². The normalized spacial score (nSPS) is 29.2. The number of nitrogens with zero attached hydrogens (tertiary/aromatic N) is 2. The Hall–Kier alpha value is -0.980. The molecule has 3 rings (SSSR count). The molecule has 1 saturated heterocycles. The molecule has 1 aromatic rings. The molecule has 0 unspecified atom stereocenters. The monoisotopic (exact) mass is 310 g/mol. The second-order valence-electron chi connectivity index (χ2n) is 5.76. The van der Waals surface area contributed by atoms with Crippen molar-refractivity contribution in [1.82, 2.24) is 9.88 Å². The van der Waals surface area contributed by atoms with E-state index in [-0.39, 0.29) is 11.5 Å². The first-order chi connectivity index (χ1) is 10.2. The summed E-state index contributed by atoms with van der Waals surface area (Å²) in [5.74, 6) is 0.421. The van der Waals surface area contributed by atoms with Crippen molar-refractivity contribution >= 4 is 17.2 Å². The number of hydrogen-bond acceptors (Lipinski definition) is 5. The van der Waals surface area contributed by atoms with Crippen LogP contribution in [0, 0.1) is 5.92 Å². The number of amides is 1. The van der Waals surface area contributed by atoms with E-state index in [1.165, 1.54) is 11.3 Å². The zero-order valence-corrected chi connectivity index (χ0v) is 13.2. The van der Waals surface area contributed by atoms with E-state index in [2.05, 4.69) is 4.98 Å². The molecule has 1 aliphatic heterocycles. The van der Waals surface area contributed by atoms with Crippen LogP contribution in [0.3, 0.4) is 0 Å². The number of carbonyl (C=O) groups is 1. The second-order valence-corrected chi connectivity index (χ2v) is 6.48. The molecular weight excluding hydrogens is 288 g/mol. The fraction of sp³-hybridized carbons (Fsp3) is 0.733. The van der Waals surface area contributed by atoms with Gasteiger partial charge >= 0.3 is 0 Å². The van der Waals surface area contributed by atoms with Gasteiger partial charge in [0.25, 0.3) is 5.91 Å². The molecule has 2 fully saturated rings. The molecular formula is C15H22N2O3S. The van der Waals surface area contributed by atoms with Crippen LogP contribution >= 0.6 is 11.3 Å². The van der Waals surface area contributed by atoms with E-state index in [0.717, 1.165) is 32.5 Å². The van der Waals surface area contributed by atoms with Gasteiger partial charge in [0.2, 0.25) is 0 Å². The molecule has 21 heavy (non-hydrogen) atoms. The minimum Gasteiger partial charge on any atom is -0.381 e. The summed E-state index contributed by atoms with van der Waals surface area (Å²) in [5.41, 5.74) is 2.05. The molecule has 1 saturated carbocycles. The van der Waals surface area contributed by atoms with Crippen LogP contribution in [-0.2, 0) is 9.47 Å². The van der Waals surface area contributed by atoms with Crippen molar-refractivity contribution in [3.63, 3.8) is 0 Å². The first kappa shape index (κ1) is 14.9. The van der Waals surface area contributed by atoms with Gasteiger partial charge < -0.3 is 14.4 Å². The van der Waals surface area contributed by atoms with Crippen molar-refractivity contribution in [1.29, 1.82) is 0 Å². The smallest absolute Gasteiger partial charge is 0.273 e. The quantitative estimate of drug-likeness (QED) is 0.855. The zero-order chi connectivity index (χ0) is 14.7. The molecule has 0 N–H and O–H groups in total. The van der Waals surface area contributed by atoms with Crippen LogP contribution < -0.4 is 0 Å². The molecule has 6 heteroatoms. The van der Waals surface area contributed by atoms with Crippen molar-refractivity contribution in [3.05, 3.63) is 16.6 Å². The number of rotatable bonds is 4. The number of hydrogen-bond donors (Lipinski definition) is 0. The highest BCUT2D eigenvalue weighted by atomic mass is 32.1. The van der Waals surface area contributed by atoms with Crippen LogP contribution in [-0.4, -0.2) is 54.3 Å². The maximum atomic E-state index is 12.5. The predicted octanol–water partition coefficient (Wildman–Crippen LogP) is 2.19. The third-order valence-corrected chi connectivity index (χ3v) is 5.15. The maximum absolute atomic E-state index is 12.5. The molecule has 0 bridgehead atoms. The molecule has 1 aliphatic carbocycles. The van der Waals surface area contributed by atoms with Gasteiger partial charge in [0, 0.05) is 24.4 Å². The van der Waals surface area contributed by atoms with E-state index in [0.29, 0.717) is 31.3 Å². The summed E-state index contributed by atoms with van der Waals surface area (Å²) in [6.07, 6.45) is 3.29. The Morgan fingerprint density at radius 2 is 2.57 bits per heavy atom. The lowest BCUT2D eigenvalue weighted by atomic mass is 9.89. The summed E-state index contributed by atoms with van der Waals surface area (Å²) in [5, 5.41) is 1.82. The van der Waals surface area contributed by atoms with Gasteiger partial charge in [-0.15, -0.1) is 11.3 Å². The van der Waals surface area contributed by atoms with E-state index in [1.807, 2.05) is 17.2 Å². The van der Waals surface area contributed by atoms with E-state index in [1.54, 1.807) is 5.51 Å². The molecule has 1 aromatic heterocycles. The maximum Gasteiger partial charge on any atom is 0.273 e. The van der Waals surface area contributed by atoms with Crippen LogP contribution in [0.25, 0.3) is 0 Å². The predicted molar refractivity (Wildman–Crippen MR) is 80.5 cm³/mol. The van der Waals surface area contributed by atoms with E-state index in [4.69, 9.17) is 9.47 Å². The average molecular weight is 310 g/mol. The Morgan fingerprint density at radius 1 is 1.67 bits per heavy atom. The Morgan fingerprint density at radius 3 is 3.33 bits per heavy atom. The van der Waals surface area contributed by atoms with Gasteiger partial charge in [-0.1, -0.05) is 6.42 Å². The van der Waals surface area contributed by atoms with Crippen molar-refractivity contribution in [2.75, 3.05) is 32.9 Å². The lowest BCUT2D eigenvalue weighted by Crippen LogP contribution is -2.56. The third-order valence-electron chi connectivity index (χ3n) is 4.57. The molecule has 2 atom stereocenters. The van der Waals surface area contributed by atoms with Crippen LogP contribution in [0.2, 0.25) is 0 Å². The highest BCUT2D eigenvalue weighted by molar-refractivity contribution is 7.07.